The van der Waals surface area contributed by atoms with Crippen LogP contribution in [0.5, 0.6) is 0 Å². The SMILES string of the molecule is N/C(=C\N(N)CCCC(N)C(=O)O)c1ccc2[nH]c3ccc(/C(N)=C/N(N)CCCC(N)C(=O)O)cc3c2c1. The summed E-state index contributed by atoms with van der Waals surface area (Å²) in [5, 5.41) is 22.5. The van der Waals surface area contributed by atoms with Gasteiger partial charge in [-0.1, -0.05) is 12.1 Å². The number of carboxylic acid groups (broad SMARTS) is 2. The molecule has 0 radical (unpaired) electrons. The van der Waals surface area contributed by atoms with Crippen molar-refractivity contribution in [3.63, 3.8) is 0 Å². The molecule has 2 unspecified atom stereocenters. The van der Waals surface area contributed by atoms with Gasteiger partial charge in [-0.25, -0.2) is 11.7 Å². The van der Waals surface area contributed by atoms with E-state index >= 15 is 0 Å². The third kappa shape index (κ3) is 7.85. The van der Waals surface area contributed by atoms with E-state index < -0.39 is 24.0 Å². The molecule has 2 atom stereocenters. The number of fused-ring (bicyclic) bond motifs is 3. The average molecular weight is 540 g/mol. The number of carboxylic acids is 2. The minimum atomic E-state index is -1.04. The van der Waals surface area contributed by atoms with Crippen LogP contribution in [-0.4, -0.2) is 62.3 Å². The number of hydrogen-bond donors (Lipinski definition) is 9. The van der Waals surface area contributed by atoms with Crippen molar-refractivity contribution in [2.24, 2.45) is 34.6 Å². The lowest BCUT2D eigenvalue weighted by Gasteiger charge is -2.16. The number of rotatable bonds is 14. The Morgan fingerprint density at radius 1 is 0.769 bits per heavy atom. The number of hydrazine groups is 2. The Hall–Kier alpha value is -4.30. The Kier molecular flexibility index (Phi) is 9.73. The van der Waals surface area contributed by atoms with Crippen molar-refractivity contribution in [1.29, 1.82) is 0 Å². The summed E-state index contributed by atoms with van der Waals surface area (Å²) in [7, 11) is 0. The molecule has 0 bridgehead atoms. The van der Waals surface area contributed by atoms with Crippen molar-refractivity contribution >= 4 is 45.1 Å². The highest BCUT2D eigenvalue weighted by Gasteiger charge is 2.13. The number of H-pyrrole nitrogens is 1. The summed E-state index contributed by atoms with van der Waals surface area (Å²) in [5.41, 5.74) is 28.0. The van der Waals surface area contributed by atoms with Crippen LogP contribution in [-0.2, 0) is 9.59 Å². The third-order valence-corrected chi connectivity index (χ3v) is 6.37. The molecule has 13 nitrogen and oxygen atoms in total. The molecule has 0 aliphatic carbocycles. The van der Waals surface area contributed by atoms with Crippen LogP contribution in [0.25, 0.3) is 33.2 Å². The molecule has 0 saturated heterocycles. The fraction of sp³-hybridized carbons (Fsp3) is 0.308. The van der Waals surface area contributed by atoms with Crippen LogP contribution in [0, 0.1) is 0 Å². The maximum Gasteiger partial charge on any atom is 0.320 e. The summed E-state index contributed by atoms with van der Waals surface area (Å²) in [4.78, 5) is 25.1. The van der Waals surface area contributed by atoms with Gasteiger partial charge in [0.25, 0.3) is 0 Å². The number of aliphatic carboxylic acids is 2. The van der Waals surface area contributed by atoms with Crippen LogP contribution in [0.15, 0.2) is 48.8 Å². The van der Waals surface area contributed by atoms with E-state index in [9.17, 15) is 9.59 Å². The molecule has 13 heteroatoms. The van der Waals surface area contributed by atoms with Crippen LogP contribution in [0.4, 0.5) is 0 Å². The predicted octanol–water partition coefficient (Wildman–Crippen LogP) is 0.571. The molecule has 15 N–H and O–H groups in total. The Labute approximate surface area is 225 Å². The average Bonchev–Trinajstić information content (AvgIpc) is 3.25. The van der Waals surface area contributed by atoms with Crippen LogP contribution in [0.3, 0.4) is 0 Å². The fourth-order valence-electron chi connectivity index (χ4n) is 4.13. The number of nitrogens with zero attached hydrogens (tertiary/aromatic N) is 2. The zero-order valence-electron chi connectivity index (χ0n) is 21.6. The van der Waals surface area contributed by atoms with Crippen molar-refractivity contribution in [3.8, 4) is 0 Å². The molecule has 0 saturated carbocycles. The van der Waals surface area contributed by atoms with Gasteiger partial charge in [-0.05, 0) is 61.1 Å². The third-order valence-electron chi connectivity index (χ3n) is 6.37. The van der Waals surface area contributed by atoms with Gasteiger partial charge in [-0.15, -0.1) is 0 Å². The lowest BCUT2D eigenvalue weighted by Crippen LogP contribution is -2.32. The summed E-state index contributed by atoms with van der Waals surface area (Å²) in [6.07, 6.45) is 4.82. The summed E-state index contributed by atoms with van der Waals surface area (Å²) in [6, 6.07) is 9.70. The highest BCUT2D eigenvalue weighted by atomic mass is 16.4. The van der Waals surface area contributed by atoms with Gasteiger partial charge in [0.2, 0.25) is 0 Å². The summed E-state index contributed by atoms with van der Waals surface area (Å²) in [6.45, 7) is 0.799. The lowest BCUT2D eigenvalue weighted by atomic mass is 10.0. The van der Waals surface area contributed by atoms with E-state index in [-0.39, 0.29) is 0 Å². The van der Waals surface area contributed by atoms with E-state index in [1.807, 2.05) is 36.4 Å². The first kappa shape index (κ1) is 29.3. The zero-order chi connectivity index (χ0) is 28.7. The lowest BCUT2D eigenvalue weighted by molar-refractivity contribution is -0.139. The fourth-order valence-corrected chi connectivity index (χ4v) is 4.13. The molecule has 1 aromatic heterocycles. The molecular weight excluding hydrogens is 502 g/mol. The number of carbonyl (C=O) groups is 2. The number of nitrogens with two attached hydrogens (primary N) is 6. The Bertz CT molecular complexity index is 1280. The highest BCUT2D eigenvalue weighted by molar-refractivity contribution is 6.08. The van der Waals surface area contributed by atoms with Gasteiger partial charge < -0.3 is 48.1 Å². The number of benzene rings is 2. The quantitative estimate of drug-likeness (QED) is 0.101. The Balaban J connectivity index is 1.75. The van der Waals surface area contributed by atoms with Crippen LogP contribution >= 0.6 is 0 Å². The van der Waals surface area contributed by atoms with Crippen molar-refractivity contribution in [2.45, 2.75) is 37.8 Å². The standard InChI is InChI=1S/C26H37N9O4/c27-19(25(36)37)3-1-9-34(31)13-21(29)15-5-7-23-17(11-15)18-12-16(6-8-24(18)33-23)22(30)14-35(32)10-2-4-20(28)26(38)39/h5-8,11-14,19-20,33H,1-4,9-10,27-32H2,(H,36,37)(H,38,39)/b21-13-,22-14-. The van der Waals surface area contributed by atoms with Crippen LogP contribution in [0.2, 0.25) is 0 Å². The van der Waals surface area contributed by atoms with Crippen LogP contribution in [0.1, 0.15) is 36.8 Å². The minimum absolute atomic E-state index is 0.304. The largest absolute Gasteiger partial charge is 0.480 e. The first-order chi connectivity index (χ1) is 18.5. The van der Waals surface area contributed by atoms with Gasteiger partial charge in [-0.3, -0.25) is 9.59 Å². The number of aromatic amines is 1. The van der Waals surface area contributed by atoms with Crippen molar-refractivity contribution in [1.82, 2.24) is 15.0 Å². The summed E-state index contributed by atoms with van der Waals surface area (Å²) < 4.78 is 0. The maximum atomic E-state index is 10.9. The smallest absolute Gasteiger partial charge is 0.320 e. The first-order valence-corrected chi connectivity index (χ1v) is 12.5. The Morgan fingerprint density at radius 3 is 1.51 bits per heavy atom. The van der Waals surface area contributed by atoms with Gasteiger partial charge in [0.05, 0.1) is 11.4 Å². The summed E-state index contributed by atoms with van der Waals surface area (Å²) in [5.74, 6) is 9.97. The van der Waals surface area contributed by atoms with Gasteiger partial charge in [-0.2, -0.15) is 0 Å². The molecule has 0 amide bonds. The monoisotopic (exact) mass is 539 g/mol. The zero-order valence-corrected chi connectivity index (χ0v) is 21.6. The Morgan fingerprint density at radius 2 is 1.15 bits per heavy atom. The second kappa shape index (κ2) is 13.0. The van der Waals surface area contributed by atoms with Crippen LogP contribution < -0.4 is 34.6 Å². The van der Waals surface area contributed by atoms with Gasteiger partial charge >= 0.3 is 11.9 Å². The van der Waals surface area contributed by atoms with Gasteiger partial charge in [0, 0.05) is 47.3 Å². The van der Waals surface area contributed by atoms with E-state index in [2.05, 4.69) is 4.98 Å². The molecule has 39 heavy (non-hydrogen) atoms. The second-order valence-corrected chi connectivity index (χ2v) is 9.46. The number of nitrogens with one attached hydrogen (secondary N) is 1. The minimum Gasteiger partial charge on any atom is -0.480 e. The molecule has 0 aliphatic rings. The first-order valence-electron chi connectivity index (χ1n) is 12.5. The number of hydrogen-bond acceptors (Lipinski definition) is 10. The number of aromatic nitrogens is 1. The van der Waals surface area contributed by atoms with Crippen molar-refractivity contribution in [2.75, 3.05) is 13.1 Å². The maximum absolute atomic E-state index is 10.9. The topological polar surface area (TPSA) is 253 Å². The van der Waals surface area contributed by atoms with Crippen molar-refractivity contribution in [3.05, 3.63) is 59.9 Å². The molecule has 0 fully saturated rings. The molecule has 3 aromatic rings. The predicted molar refractivity (Wildman–Crippen MR) is 152 cm³/mol. The van der Waals surface area contributed by atoms with E-state index in [1.54, 1.807) is 12.4 Å². The molecule has 1 heterocycles. The molecule has 210 valence electrons. The molecule has 0 aliphatic heterocycles. The normalized spacial score (nSPS) is 13.9. The van der Waals surface area contributed by atoms with Crippen molar-refractivity contribution < 1.29 is 19.8 Å². The molecule has 2 aromatic carbocycles. The van der Waals surface area contributed by atoms with E-state index in [4.69, 9.17) is 44.8 Å². The second-order valence-electron chi connectivity index (χ2n) is 9.46. The summed E-state index contributed by atoms with van der Waals surface area (Å²) >= 11 is 0. The van der Waals surface area contributed by atoms with E-state index in [1.165, 1.54) is 10.0 Å². The molecular formula is C26H37N9O4. The highest BCUT2D eigenvalue weighted by Crippen LogP contribution is 2.29. The molecule has 0 spiro atoms. The van der Waals surface area contributed by atoms with E-state index in [0.717, 1.165) is 32.9 Å². The van der Waals surface area contributed by atoms with Gasteiger partial charge in [0.15, 0.2) is 0 Å². The molecule has 3 rings (SSSR count). The van der Waals surface area contributed by atoms with E-state index in [0.29, 0.717) is 50.2 Å². The van der Waals surface area contributed by atoms with Gasteiger partial charge in [0.1, 0.15) is 12.1 Å².